The molecule has 0 unspecified atom stereocenters. The Kier molecular flexibility index (Phi) is 7.80. The molecule has 0 spiro atoms. The number of carbonyl (C=O) groups is 2. The summed E-state index contributed by atoms with van der Waals surface area (Å²) in [4.78, 5) is 30.1. The number of rotatable bonds is 8. The number of carbonyl (C=O) groups excluding carboxylic acids is 2. The number of tetrazole rings is 1. The molecule has 0 aliphatic heterocycles. The first kappa shape index (κ1) is 26.5. The van der Waals surface area contributed by atoms with Crippen molar-refractivity contribution in [3.05, 3.63) is 90.2 Å². The van der Waals surface area contributed by atoms with E-state index in [1.807, 2.05) is 26.8 Å². The molecule has 0 aliphatic carbocycles. The van der Waals surface area contributed by atoms with Crippen LogP contribution in [-0.4, -0.2) is 44.7 Å². The van der Waals surface area contributed by atoms with Gasteiger partial charge in [0.2, 0.25) is 11.7 Å². The Morgan fingerprint density at radius 1 is 1.00 bits per heavy atom. The number of aromatic nitrogens is 4. The highest BCUT2D eigenvalue weighted by Crippen LogP contribution is 2.30. The van der Waals surface area contributed by atoms with Crippen LogP contribution in [0.5, 0.6) is 5.75 Å². The van der Waals surface area contributed by atoms with Gasteiger partial charge in [-0.25, -0.2) is 4.39 Å². The molecule has 0 radical (unpaired) electrons. The zero-order valence-corrected chi connectivity index (χ0v) is 21.6. The molecule has 1 heterocycles. The fraction of sp³-hybridized carbons (Fsp3) is 0.250. The number of anilines is 1. The predicted octanol–water partition coefficient (Wildman–Crippen LogP) is 4.18. The highest BCUT2D eigenvalue weighted by atomic mass is 19.1. The minimum Gasteiger partial charge on any atom is -0.497 e. The van der Waals surface area contributed by atoms with Crippen LogP contribution in [0.2, 0.25) is 0 Å². The second kappa shape index (κ2) is 11.2. The van der Waals surface area contributed by atoms with Crippen LogP contribution in [0.25, 0.3) is 11.4 Å². The highest BCUT2D eigenvalue weighted by Gasteiger charge is 2.34. The molecular weight excluding hydrogens is 487 g/mol. The number of nitrogens with zero attached hydrogens (tertiary/aromatic N) is 5. The van der Waals surface area contributed by atoms with Crippen LogP contribution >= 0.6 is 0 Å². The lowest BCUT2D eigenvalue weighted by Gasteiger charge is -2.33. The van der Waals surface area contributed by atoms with Gasteiger partial charge in [-0.15, -0.1) is 10.2 Å². The Morgan fingerprint density at radius 2 is 1.66 bits per heavy atom. The van der Waals surface area contributed by atoms with Gasteiger partial charge in [0.05, 0.1) is 7.11 Å². The van der Waals surface area contributed by atoms with Crippen molar-refractivity contribution in [2.24, 2.45) is 0 Å². The molecule has 0 bridgehead atoms. The number of ether oxygens (including phenoxy) is 1. The van der Waals surface area contributed by atoms with Gasteiger partial charge in [-0.1, -0.05) is 30.3 Å². The van der Waals surface area contributed by atoms with Crippen LogP contribution in [0.1, 0.15) is 32.4 Å². The Hall–Kier alpha value is -4.60. The zero-order valence-electron chi connectivity index (χ0n) is 21.6. The maximum absolute atomic E-state index is 13.9. The number of amides is 2. The summed E-state index contributed by atoms with van der Waals surface area (Å²) in [5.74, 6) is -0.279. The van der Waals surface area contributed by atoms with E-state index in [0.717, 1.165) is 4.80 Å². The van der Waals surface area contributed by atoms with E-state index in [1.165, 1.54) is 29.2 Å². The summed E-state index contributed by atoms with van der Waals surface area (Å²) < 4.78 is 18.6. The molecule has 1 N–H and O–H groups in total. The third-order valence-corrected chi connectivity index (χ3v) is 5.57. The lowest BCUT2D eigenvalue weighted by molar-refractivity contribution is -0.128. The molecular formula is C28H29FN6O3. The lowest BCUT2D eigenvalue weighted by Crippen LogP contribution is -2.50. The van der Waals surface area contributed by atoms with Crippen molar-refractivity contribution in [3.63, 3.8) is 0 Å². The van der Waals surface area contributed by atoms with Crippen LogP contribution in [0.3, 0.4) is 0 Å². The van der Waals surface area contributed by atoms with Crippen molar-refractivity contribution in [1.29, 1.82) is 0 Å². The number of hydrogen-bond donors (Lipinski definition) is 1. The molecule has 1 aromatic heterocycles. The monoisotopic (exact) mass is 516 g/mol. The molecule has 9 nitrogen and oxygen atoms in total. The number of methoxy groups -OCH3 is 1. The SMILES string of the molecule is COc1ccc([C@@H](C(=O)NC(C)(C)C)N(C(=O)Cn2nnc(-c3ccc(F)cc3)n2)c2ccccc2)cc1. The van der Waals surface area contributed by atoms with Gasteiger partial charge in [-0.3, -0.25) is 14.5 Å². The Balaban J connectivity index is 1.72. The van der Waals surface area contributed by atoms with Gasteiger partial charge in [0, 0.05) is 16.8 Å². The van der Waals surface area contributed by atoms with Crippen molar-refractivity contribution in [2.45, 2.75) is 38.9 Å². The van der Waals surface area contributed by atoms with E-state index in [1.54, 1.807) is 55.6 Å². The summed E-state index contributed by atoms with van der Waals surface area (Å²) >= 11 is 0. The molecule has 4 aromatic rings. The normalized spacial score (nSPS) is 12.0. The van der Waals surface area contributed by atoms with Gasteiger partial charge in [-0.05, 0) is 80.1 Å². The standard InChI is InChI=1S/C28H29FN6O3/c1-28(2,3)30-27(37)25(19-12-16-23(38-4)17-13-19)35(22-8-6-5-7-9-22)24(36)18-34-32-26(31-33-34)20-10-14-21(29)15-11-20/h5-17,25H,18H2,1-4H3,(H,30,37)/t25-/m0/s1. The van der Waals surface area contributed by atoms with Gasteiger partial charge in [0.1, 0.15) is 24.2 Å². The van der Waals surface area contributed by atoms with E-state index in [4.69, 9.17) is 4.74 Å². The quantitative estimate of drug-likeness (QED) is 0.377. The van der Waals surface area contributed by atoms with Crippen molar-refractivity contribution < 1.29 is 18.7 Å². The number of para-hydroxylation sites is 1. The number of benzene rings is 3. The van der Waals surface area contributed by atoms with E-state index in [0.29, 0.717) is 22.6 Å². The highest BCUT2D eigenvalue weighted by molar-refractivity contribution is 6.01. The Morgan fingerprint density at radius 3 is 2.26 bits per heavy atom. The summed E-state index contributed by atoms with van der Waals surface area (Å²) in [6, 6.07) is 20.6. The summed E-state index contributed by atoms with van der Waals surface area (Å²) in [5, 5.41) is 15.3. The van der Waals surface area contributed by atoms with E-state index >= 15 is 0 Å². The number of hydrogen-bond acceptors (Lipinski definition) is 6. The Labute approximate surface area is 220 Å². The summed E-state index contributed by atoms with van der Waals surface area (Å²) in [5.41, 5.74) is 1.15. The van der Waals surface area contributed by atoms with Gasteiger partial charge in [-0.2, -0.15) is 4.80 Å². The molecule has 4 rings (SSSR count). The van der Waals surface area contributed by atoms with Crippen molar-refractivity contribution >= 4 is 17.5 Å². The van der Waals surface area contributed by atoms with Crippen molar-refractivity contribution in [1.82, 2.24) is 25.5 Å². The molecule has 1 atom stereocenters. The average molecular weight is 517 g/mol. The first-order valence-electron chi connectivity index (χ1n) is 12.0. The third-order valence-electron chi connectivity index (χ3n) is 5.57. The second-order valence-electron chi connectivity index (χ2n) is 9.66. The maximum atomic E-state index is 13.9. The van der Waals surface area contributed by atoms with Crippen molar-refractivity contribution in [2.75, 3.05) is 12.0 Å². The number of halogens is 1. The summed E-state index contributed by atoms with van der Waals surface area (Å²) in [6.45, 7) is 5.35. The van der Waals surface area contributed by atoms with Gasteiger partial charge in [0.25, 0.3) is 5.91 Å². The molecule has 2 amide bonds. The third kappa shape index (κ3) is 6.39. The van der Waals surface area contributed by atoms with Crippen molar-refractivity contribution in [3.8, 4) is 17.1 Å². The van der Waals surface area contributed by atoms with E-state index < -0.39 is 17.5 Å². The van der Waals surface area contributed by atoms with Gasteiger partial charge in [0.15, 0.2) is 0 Å². The van der Waals surface area contributed by atoms with Gasteiger partial charge < -0.3 is 10.1 Å². The van der Waals surface area contributed by atoms with E-state index in [2.05, 4.69) is 20.7 Å². The minimum absolute atomic E-state index is 0.251. The molecule has 38 heavy (non-hydrogen) atoms. The predicted molar refractivity (Wildman–Crippen MR) is 141 cm³/mol. The van der Waals surface area contributed by atoms with Crippen LogP contribution in [-0.2, 0) is 16.1 Å². The van der Waals surface area contributed by atoms with Crippen LogP contribution in [0.4, 0.5) is 10.1 Å². The fourth-order valence-electron chi connectivity index (χ4n) is 3.89. The van der Waals surface area contributed by atoms with Crippen LogP contribution in [0.15, 0.2) is 78.9 Å². The first-order valence-corrected chi connectivity index (χ1v) is 12.0. The topological polar surface area (TPSA) is 102 Å². The number of nitrogens with one attached hydrogen (secondary N) is 1. The molecule has 0 fully saturated rings. The van der Waals surface area contributed by atoms with Crippen LogP contribution < -0.4 is 15.0 Å². The smallest absolute Gasteiger partial charge is 0.251 e. The summed E-state index contributed by atoms with van der Waals surface area (Å²) in [6.07, 6.45) is 0. The van der Waals surface area contributed by atoms with Gasteiger partial charge >= 0.3 is 0 Å². The Bertz CT molecular complexity index is 1380. The molecule has 0 aliphatic rings. The van der Waals surface area contributed by atoms with E-state index in [-0.39, 0.29) is 24.1 Å². The summed E-state index contributed by atoms with van der Waals surface area (Å²) in [7, 11) is 1.56. The lowest BCUT2D eigenvalue weighted by atomic mass is 10.0. The second-order valence-corrected chi connectivity index (χ2v) is 9.66. The molecule has 0 saturated carbocycles. The zero-order chi connectivity index (χ0) is 27.3. The molecule has 196 valence electrons. The minimum atomic E-state index is -0.991. The molecule has 3 aromatic carbocycles. The average Bonchev–Trinajstić information content (AvgIpc) is 3.35. The fourth-order valence-corrected chi connectivity index (χ4v) is 3.89. The first-order chi connectivity index (χ1) is 18.1. The largest absolute Gasteiger partial charge is 0.497 e. The van der Waals surface area contributed by atoms with E-state index in [9.17, 15) is 14.0 Å². The maximum Gasteiger partial charge on any atom is 0.251 e. The van der Waals surface area contributed by atoms with Crippen LogP contribution in [0, 0.1) is 5.82 Å². The molecule has 10 heteroatoms. The molecule has 0 saturated heterocycles.